The molecule has 7 heteroatoms. The number of carbonyl (C=O) groups is 1. The van der Waals surface area contributed by atoms with Crippen LogP contribution in [0.4, 0.5) is 15.8 Å². The SMILES string of the molecule is Cc1cc(C)n(CC(=O)Nc2ccc(NC[C@@H]3CCCO3)c(F)c2)n1. The number of ether oxygens (including phenoxy) is 1. The maximum absolute atomic E-state index is 14.2. The Kier molecular flexibility index (Phi) is 5.33. The van der Waals surface area contributed by atoms with Crippen molar-refractivity contribution in [3.05, 3.63) is 41.5 Å². The summed E-state index contributed by atoms with van der Waals surface area (Å²) in [4.78, 5) is 12.1. The van der Waals surface area contributed by atoms with Gasteiger partial charge in [-0.05, 0) is 51.0 Å². The standard InChI is InChI=1S/C18H23FN4O2/c1-12-8-13(2)23(22-12)11-18(24)21-14-5-6-17(16(19)9-14)20-10-15-4-3-7-25-15/h5-6,8-9,15,20H,3-4,7,10-11H2,1-2H3,(H,21,24)/t15-/m0/s1. The van der Waals surface area contributed by atoms with Crippen LogP contribution >= 0.6 is 0 Å². The zero-order valence-electron chi connectivity index (χ0n) is 14.5. The number of nitrogens with one attached hydrogen (secondary N) is 2. The monoisotopic (exact) mass is 346 g/mol. The molecule has 25 heavy (non-hydrogen) atoms. The first-order valence-corrected chi connectivity index (χ1v) is 8.47. The first kappa shape index (κ1) is 17.4. The number of halogens is 1. The Balaban J connectivity index is 1.56. The highest BCUT2D eigenvalue weighted by Gasteiger charge is 2.16. The van der Waals surface area contributed by atoms with E-state index in [1.807, 2.05) is 19.9 Å². The smallest absolute Gasteiger partial charge is 0.246 e. The molecule has 0 radical (unpaired) electrons. The number of hydrogen-bond acceptors (Lipinski definition) is 4. The van der Waals surface area contributed by atoms with E-state index in [9.17, 15) is 9.18 Å². The minimum absolute atomic E-state index is 0.0975. The molecule has 1 fully saturated rings. The lowest BCUT2D eigenvalue weighted by molar-refractivity contribution is -0.116. The topological polar surface area (TPSA) is 68.2 Å². The summed E-state index contributed by atoms with van der Waals surface area (Å²) < 4.78 is 21.3. The molecule has 0 bridgehead atoms. The van der Waals surface area contributed by atoms with Crippen LogP contribution in [0.2, 0.25) is 0 Å². The van der Waals surface area contributed by atoms with Crippen molar-refractivity contribution in [3.63, 3.8) is 0 Å². The lowest BCUT2D eigenvalue weighted by Crippen LogP contribution is -2.21. The highest BCUT2D eigenvalue weighted by Crippen LogP contribution is 2.20. The predicted molar refractivity (Wildman–Crippen MR) is 94.2 cm³/mol. The van der Waals surface area contributed by atoms with Crippen molar-refractivity contribution >= 4 is 17.3 Å². The molecule has 1 atom stereocenters. The third kappa shape index (κ3) is 4.57. The average molecular weight is 346 g/mol. The first-order valence-electron chi connectivity index (χ1n) is 8.47. The van der Waals surface area contributed by atoms with E-state index in [1.165, 1.54) is 6.07 Å². The van der Waals surface area contributed by atoms with E-state index in [2.05, 4.69) is 15.7 Å². The van der Waals surface area contributed by atoms with Gasteiger partial charge < -0.3 is 15.4 Å². The van der Waals surface area contributed by atoms with E-state index in [0.29, 0.717) is 17.9 Å². The van der Waals surface area contributed by atoms with Crippen LogP contribution in [-0.2, 0) is 16.1 Å². The largest absolute Gasteiger partial charge is 0.380 e. The summed E-state index contributed by atoms with van der Waals surface area (Å²) in [7, 11) is 0. The average Bonchev–Trinajstić information content (AvgIpc) is 3.16. The van der Waals surface area contributed by atoms with Gasteiger partial charge in [0.25, 0.3) is 0 Å². The summed E-state index contributed by atoms with van der Waals surface area (Å²) in [5, 5.41) is 10.0. The van der Waals surface area contributed by atoms with Crippen molar-refractivity contribution < 1.29 is 13.9 Å². The second kappa shape index (κ2) is 7.65. The number of nitrogens with zero attached hydrogens (tertiary/aromatic N) is 2. The third-order valence-corrected chi connectivity index (χ3v) is 4.19. The molecular weight excluding hydrogens is 323 g/mol. The van der Waals surface area contributed by atoms with Gasteiger partial charge in [-0.3, -0.25) is 9.48 Å². The Bertz CT molecular complexity index is 754. The molecule has 1 saturated heterocycles. The molecular formula is C18H23FN4O2. The van der Waals surface area contributed by atoms with Crippen LogP contribution in [0.3, 0.4) is 0 Å². The van der Waals surface area contributed by atoms with Gasteiger partial charge in [-0.15, -0.1) is 0 Å². The molecule has 2 N–H and O–H groups in total. The third-order valence-electron chi connectivity index (χ3n) is 4.19. The Morgan fingerprint density at radius 1 is 1.40 bits per heavy atom. The highest BCUT2D eigenvalue weighted by atomic mass is 19.1. The molecule has 2 aromatic rings. The molecule has 0 unspecified atom stereocenters. The Morgan fingerprint density at radius 2 is 2.24 bits per heavy atom. The highest BCUT2D eigenvalue weighted by molar-refractivity contribution is 5.90. The van der Waals surface area contributed by atoms with Crippen LogP contribution in [0.1, 0.15) is 24.2 Å². The number of aryl methyl sites for hydroxylation is 2. The van der Waals surface area contributed by atoms with Crippen LogP contribution in [0.25, 0.3) is 0 Å². The lowest BCUT2D eigenvalue weighted by Gasteiger charge is -2.13. The zero-order valence-corrected chi connectivity index (χ0v) is 14.5. The van der Waals surface area contributed by atoms with E-state index in [-0.39, 0.29) is 18.6 Å². The second-order valence-electron chi connectivity index (χ2n) is 6.34. The van der Waals surface area contributed by atoms with Gasteiger partial charge in [0.1, 0.15) is 12.4 Å². The van der Waals surface area contributed by atoms with Gasteiger partial charge in [0.05, 0.1) is 17.5 Å². The molecule has 1 aromatic heterocycles. The normalized spacial score (nSPS) is 16.8. The van der Waals surface area contributed by atoms with Crippen molar-refractivity contribution in [1.29, 1.82) is 0 Å². The van der Waals surface area contributed by atoms with Crippen molar-refractivity contribution in [2.75, 3.05) is 23.8 Å². The lowest BCUT2D eigenvalue weighted by atomic mass is 10.2. The summed E-state index contributed by atoms with van der Waals surface area (Å²) in [6.45, 7) is 5.22. The zero-order chi connectivity index (χ0) is 17.8. The maximum Gasteiger partial charge on any atom is 0.246 e. The quantitative estimate of drug-likeness (QED) is 0.844. The number of hydrogen-bond donors (Lipinski definition) is 2. The minimum Gasteiger partial charge on any atom is -0.380 e. The van der Waals surface area contributed by atoms with E-state index >= 15 is 0 Å². The number of benzene rings is 1. The Labute approximate surface area is 146 Å². The Morgan fingerprint density at radius 3 is 2.88 bits per heavy atom. The second-order valence-corrected chi connectivity index (χ2v) is 6.34. The first-order chi connectivity index (χ1) is 12.0. The molecule has 1 aliphatic rings. The van der Waals surface area contributed by atoms with E-state index < -0.39 is 5.82 Å². The van der Waals surface area contributed by atoms with Crippen LogP contribution in [-0.4, -0.2) is 34.9 Å². The number of aromatic nitrogens is 2. The van der Waals surface area contributed by atoms with E-state index in [0.717, 1.165) is 30.8 Å². The molecule has 1 aliphatic heterocycles. The minimum atomic E-state index is -0.401. The van der Waals surface area contributed by atoms with Crippen molar-refractivity contribution in [3.8, 4) is 0 Å². The van der Waals surface area contributed by atoms with Crippen LogP contribution in [0, 0.1) is 19.7 Å². The van der Waals surface area contributed by atoms with Gasteiger partial charge in [0.15, 0.2) is 0 Å². The number of anilines is 2. The van der Waals surface area contributed by atoms with Gasteiger partial charge in [-0.1, -0.05) is 0 Å². The number of amides is 1. The molecule has 0 saturated carbocycles. The fourth-order valence-corrected chi connectivity index (χ4v) is 2.94. The Hall–Kier alpha value is -2.41. The fraction of sp³-hybridized carbons (Fsp3) is 0.444. The number of rotatable bonds is 6. The number of carbonyl (C=O) groups excluding carboxylic acids is 1. The predicted octanol–water partition coefficient (Wildman–Crippen LogP) is 2.87. The molecule has 0 spiro atoms. The van der Waals surface area contributed by atoms with Crippen molar-refractivity contribution in [1.82, 2.24) is 9.78 Å². The van der Waals surface area contributed by atoms with Crippen LogP contribution in [0.5, 0.6) is 0 Å². The summed E-state index contributed by atoms with van der Waals surface area (Å²) in [6.07, 6.45) is 2.18. The van der Waals surface area contributed by atoms with Crippen LogP contribution in [0.15, 0.2) is 24.3 Å². The summed E-state index contributed by atoms with van der Waals surface area (Å²) in [5.74, 6) is -0.646. The van der Waals surface area contributed by atoms with Crippen molar-refractivity contribution in [2.24, 2.45) is 0 Å². The van der Waals surface area contributed by atoms with Gasteiger partial charge in [0.2, 0.25) is 5.91 Å². The summed E-state index contributed by atoms with van der Waals surface area (Å²) >= 11 is 0. The van der Waals surface area contributed by atoms with Gasteiger partial charge in [-0.25, -0.2) is 4.39 Å². The summed E-state index contributed by atoms with van der Waals surface area (Å²) in [5.41, 5.74) is 2.60. The molecule has 0 aliphatic carbocycles. The molecule has 2 heterocycles. The summed E-state index contributed by atoms with van der Waals surface area (Å²) in [6, 6.07) is 6.53. The van der Waals surface area contributed by atoms with Gasteiger partial charge in [-0.2, -0.15) is 5.10 Å². The molecule has 6 nitrogen and oxygen atoms in total. The van der Waals surface area contributed by atoms with Crippen LogP contribution < -0.4 is 10.6 Å². The molecule has 3 rings (SSSR count). The molecule has 1 amide bonds. The van der Waals surface area contributed by atoms with Gasteiger partial charge in [0, 0.05) is 24.5 Å². The maximum atomic E-state index is 14.2. The van der Waals surface area contributed by atoms with Gasteiger partial charge >= 0.3 is 0 Å². The van der Waals surface area contributed by atoms with Crippen molar-refractivity contribution in [2.45, 2.75) is 39.3 Å². The molecule has 1 aromatic carbocycles. The fourth-order valence-electron chi connectivity index (χ4n) is 2.94. The van der Waals surface area contributed by atoms with E-state index in [4.69, 9.17) is 4.74 Å². The molecule has 134 valence electrons. The van der Waals surface area contributed by atoms with E-state index in [1.54, 1.807) is 16.8 Å².